The molecule has 0 fully saturated rings. The molecular weight excluding hydrogens is 362 g/mol. The van der Waals surface area contributed by atoms with E-state index in [-0.39, 0.29) is 10.8 Å². The highest BCUT2D eigenvalue weighted by atomic mass is 35.5. The first-order chi connectivity index (χ1) is 10.2. The normalized spacial score (nSPS) is 14.0. The molecule has 0 amide bonds. The monoisotopic (exact) mass is 383 g/mol. The molecule has 126 valence electrons. The Bertz CT molecular complexity index is 561. The Balaban J connectivity index is 2.96. The second-order valence-corrected chi connectivity index (χ2v) is 11.1. The molecule has 0 heterocycles. The predicted octanol–water partition coefficient (Wildman–Crippen LogP) is 4.73. The minimum Gasteiger partial charge on any atom is -0.310 e. The molecule has 0 bridgehead atoms. The quantitative estimate of drug-likeness (QED) is 0.365. The summed E-state index contributed by atoms with van der Waals surface area (Å²) in [6, 6.07) is 7.33. The van der Waals surface area contributed by atoms with E-state index >= 15 is 0 Å². The van der Waals surface area contributed by atoms with Crippen molar-refractivity contribution in [1.29, 1.82) is 0 Å². The van der Waals surface area contributed by atoms with Crippen molar-refractivity contribution in [3.8, 4) is 0 Å². The van der Waals surface area contributed by atoms with Crippen molar-refractivity contribution in [2.24, 2.45) is 0 Å². The molecule has 2 N–H and O–H groups in total. The summed E-state index contributed by atoms with van der Waals surface area (Å²) in [5, 5.41) is 3.94. The van der Waals surface area contributed by atoms with Gasteiger partial charge in [-0.2, -0.15) is 8.42 Å². The van der Waals surface area contributed by atoms with E-state index in [9.17, 15) is 8.42 Å². The molecule has 0 aliphatic heterocycles. The summed E-state index contributed by atoms with van der Waals surface area (Å²) < 4.78 is 31.1. The van der Waals surface area contributed by atoms with Crippen molar-refractivity contribution in [2.45, 2.75) is 44.4 Å². The summed E-state index contributed by atoms with van der Waals surface area (Å²) in [5.74, 6) is 0. The van der Waals surface area contributed by atoms with Gasteiger partial charge in [-0.25, -0.2) is 0 Å². The summed E-state index contributed by atoms with van der Waals surface area (Å²) in [5.41, 5.74) is 0.616. The predicted molar refractivity (Wildman–Crippen MR) is 97.9 cm³/mol. The Kier molecular flexibility index (Phi) is 8.05. The first-order valence-electron chi connectivity index (χ1n) is 6.98. The molecule has 0 aliphatic carbocycles. The molecule has 0 radical (unpaired) electrons. The van der Waals surface area contributed by atoms with Crippen molar-refractivity contribution < 1.29 is 13.0 Å². The molecule has 0 aromatic heterocycles. The minimum atomic E-state index is -4.10. The average Bonchev–Trinajstić information content (AvgIpc) is 2.39. The van der Waals surface area contributed by atoms with Gasteiger partial charge in [0.25, 0.3) is 0 Å². The number of unbranched alkanes of at least 4 members (excludes halogenated alkanes) is 1. The lowest BCUT2D eigenvalue weighted by molar-refractivity contribution is 0.377. The first-order valence-corrected chi connectivity index (χ1v) is 11.5. The largest absolute Gasteiger partial charge is 0.329 e. The Morgan fingerprint density at radius 1 is 1.32 bits per heavy atom. The van der Waals surface area contributed by atoms with Gasteiger partial charge in [0.2, 0.25) is 0 Å². The minimum absolute atomic E-state index is 0.159. The van der Waals surface area contributed by atoms with Crippen LogP contribution >= 0.6 is 32.2 Å². The molecule has 4 nitrogen and oxygen atoms in total. The lowest BCUT2D eigenvalue weighted by Crippen LogP contribution is -2.44. The number of rotatable bonds is 9. The summed E-state index contributed by atoms with van der Waals surface area (Å²) in [6.07, 6.45) is 2.13. The van der Waals surface area contributed by atoms with Crippen LogP contribution in [0, 0.1) is 0 Å². The zero-order chi connectivity index (χ0) is 16.8. The fourth-order valence-electron chi connectivity index (χ4n) is 2.00. The maximum absolute atomic E-state index is 11.1. The van der Waals surface area contributed by atoms with Gasteiger partial charge < -0.3 is 5.32 Å². The van der Waals surface area contributed by atoms with E-state index in [4.69, 9.17) is 16.2 Å². The molecule has 0 saturated heterocycles. The highest BCUT2D eigenvalue weighted by molar-refractivity contribution is 9.05. The molecule has 0 aliphatic rings. The molecule has 1 atom stereocenters. The van der Waals surface area contributed by atoms with Gasteiger partial charge in [0.1, 0.15) is 0 Å². The number of halogens is 1. The van der Waals surface area contributed by atoms with Gasteiger partial charge in [0.15, 0.2) is 0 Å². The third kappa shape index (κ3) is 7.10. The molecule has 1 aromatic rings. The molecule has 0 spiro atoms. The second kappa shape index (κ2) is 8.80. The van der Waals surface area contributed by atoms with Crippen LogP contribution in [-0.4, -0.2) is 25.1 Å². The van der Waals surface area contributed by atoms with Crippen LogP contribution < -0.4 is 5.32 Å². The Morgan fingerprint density at radius 3 is 2.41 bits per heavy atom. The summed E-state index contributed by atoms with van der Waals surface area (Å²) in [7, 11) is -2.49. The van der Waals surface area contributed by atoms with Crippen molar-refractivity contribution in [1.82, 2.24) is 5.32 Å². The van der Waals surface area contributed by atoms with Gasteiger partial charge in [-0.1, -0.05) is 47.9 Å². The summed E-state index contributed by atoms with van der Waals surface area (Å²) >= 11 is 5.92. The van der Waals surface area contributed by atoms with Crippen LogP contribution in [0.1, 0.15) is 44.4 Å². The fraction of sp³-hybridized carbons (Fsp3) is 0.571. The maximum atomic E-state index is 11.1. The molecule has 22 heavy (non-hydrogen) atoms. The van der Waals surface area contributed by atoms with Gasteiger partial charge >= 0.3 is 9.15 Å². The number of hydrogen-bond acceptors (Lipinski definition) is 5. The number of benzene rings is 1. The zero-order valence-electron chi connectivity index (χ0n) is 12.9. The Morgan fingerprint density at radius 2 is 1.91 bits per heavy atom. The van der Waals surface area contributed by atoms with Crippen LogP contribution in [0.3, 0.4) is 0 Å². The van der Waals surface area contributed by atoms with Crippen molar-refractivity contribution in [3.63, 3.8) is 0 Å². The standard InChI is InChI=1S/C14H22ClNO3S3/c1-4-5-10-16-14(2,3)13(20-21-22(17,18)19)11-6-8-12(15)9-7-11/h6-9,13,16H,4-5,10H2,1-3H3,(H,17,18,19). The summed E-state index contributed by atoms with van der Waals surface area (Å²) in [4.78, 5) is 0. The highest BCUT2D eigenvalue weighted by Crippen LogP contribution is 2.46. The molecule has 8 heteroatoms. The van der Waals surface area contributed by atoms with E-state index in [2.05, 4.69) is 12.2 Å². The maximum Gasteiger partial charge on any atom is 0.329 e. The molecule has 1 rings (SSSR count). The lowest BCUT2D eigenvalue weighted by Gasteiger charge is -2.35. The van der Waals surface area contributed by atoms with Gasteiger partial charge in [-0.3, -0.25) is 4.55 Å². The Hall–Kier alpha value is 0.0800. The number of hydrogen-bond donors (Lipinski definition) is 2. The van der Waals surface area contributed by atoms with E-state index in [1.807, 2.05) is 26.0 Å². The van der Waals surface area contributed by atoms with Crippen LogP contribution in [0.15, 0.2) is 24.3 Å². The third-order valence-corrected chi connectivity index (χ3v) is 8.30. The first kappa shape index (κ1) is 20.1. The molecule has 0 saturated carbocycles. The molecular formula is C14H22ClNO3S3. The van der Waals surface area contributed by atoms with Gasteiger partial charge in [-0.15, -0.1) is 0 Å². The van der Waals surface area contributed by atoms with Crippen molar-refractivity contribution in [3.05, 3.63) is 34.9 Å². The van der Waals surface area contributed by atoms with Crippen molar-refractivity contribution >= 4 is 41.4 Å². The lowest BCUT2D eigenvalue weighted by atomic mass is 9.94. The van der Waals surface area contributed by atoms with Gasteiger partial charge in [0, 0.05) is 10.6 Å². The van der Waals surface area contributed by atoms with Crippen molar-refractivity contribution in [2.75, 3.05) is 6.54 Å². The van der Waals surface area contributed by atoms with E-state index in [0.717, 1.165) is 35.7 Å². The molecule has 1 unspecified atom stereocenters. The SMILES string of the molecule is CCCCNC(C)(C)C(SSS(=O)(=O)O)c1ccc(Cl)cc1. The van der Waals surface area contributed by atoms with Crippen LogP contribution in [-0.2, 0) is 9.15 Å². The fourth-order valence-corrected chi connectivity index (χ4v) is 6.08. The van der Waals surface area contributed by atoms with Gasteiger partial charge in [-0.05, 0) is 44.5 Å². The van der Waals surface area contributed by atoms with Gasteiger partial charge in [0.05, 0.1) is 15.1 Å². The van der Waals surface area contributed by atoms with Crippen LogP contribution in [0.4, 0.5) is 0 Å². The average molecular weight is 384 g/mol. The topological polar surface area (TPSA) is 66.4 Å². The smallest absolute Gasteiger partial charge is 0.310 e. The van der Waals surface area contributed by atoms with E-state index in [1.54, 1.807) is 12.1 Å². The highest BCUT2D eigenvalue weighted by Gasteiger charge is 2.32. The zero-order valence-corrected chi connectivity index (χ0v) is 16.1. The second-order valence-electron chi connectivity index (χ2n) is 5.53. The van der Waals surface area contributed by atoms with Crippen LogP contribution in [0.2, 0.25) is 5.02 Å². The molecule has 1 aromatic carbocycles. The van der Waals surface area contributed by atoms with E-state index < -0.39 is 9.15 Å². The van der Waals surface area contributed by atoms with Crippen LogP contribution in [0.5, 0.6) is 0 Å². The van der Waals surface area contributed by atoms with E-state index in [1.165, 1.54) is 0 Å². The summed E-state index contributed by atoms with van der Waals surface area (Å²) in [6.45, 7) is 7.03. The van der Waals surface area contributed by atoms with Crippen LogP contribution in [0.25, 0.3) is 0 Å². The van der Waals surface area contributed by atoms with E-state index in [0.29, 0.717) is 14.8 Å². The third-order valence-electron chi connectivity index (χ3n) is 3.16. The Labute approximate surface area is 145 Å². The number of nitrogens with one attached hydrogen (secondary N) is 1.